The molecular formula is C18H19N5O3. The fourth-order valence-electron chi connectivity index (χ4n) is 2.03. The monoisotopic (exact) mass is 353 g/mol. The van der Waals surface area contributed by atoms with E-state index in [-0.39, 0.29) is 5.84 Å². The van der Waals surface area contributed by atoms with Gasteiger partial charge in [-0.15, -0.1) is 0 Å². The van der Waals surface area contributed by atoms with E-state index < -0.39 is 5.97 Å². The zero-order valence-corrected chi connectivity index (χ0v) is 14.2. The number of furan rings is 1. The third-order valence-electron chi connectivity index (χ3n) is 3.30. The Labute approximate surface area is 150 Å². The number of aliphatic imine (C=N–C) groups is 3. The van der Waals surface area contributed by atoms with Crippen LogP contribution in [0, 0.1) is 0 Å². The summed E-state index contributed by atoms with van der Waals surface area (Å²) in [5.41, 5.74) is 13.0. The lowest BCUT2D eigenvalue weighted by atomic mass is 10.0. The van der Waals surface area contributed by atoms with Gasteiger partial charge in [0.2, 0.25) is 0 Å². The molecule has 8 heteroatoms. The number of hydrogen-bond acceptors (Lipinski definition) is 5. The number of hydrogen-bond donors (Lipinski definition) is 2. The Morgan fingerprint density at radius 1 is 1.19 bits per heavy atom. The van der Waals surface area contributed by atoms with Crippen LogP contribution in [0.3, 0.4) is 0 Å². The highest BCUT2D eigenvalue weighted by molar-refractivity contribution is 6.22. The summed E-state index contributed by atoms with van der Waals surface area (Å²) in [7, 11) is 1.33. The molecule has 8 nitrogen and oxygen atoms in total. The van der Waals surface area contributed by atoms with E-state index in [9.17, 15) is 4.79 Å². The number of methoxy groups -OCH3 is 1. The minimum absolute atomic E-state index is 0.265. The standard InChI is InChI=1S/C18H19N5O3/c1-25-18(24)14-6-4-13(5-7-14)16(10-21-12-22-11-19)17(20)23-9-15-3-2-8-26-15/h2-8,10-12H,9H2,1H3,(H2,20,23)(H2,19,21,22)/b16-10-. The second-order valence-corrected chi connectivity index (χ2v) is 4.96. The number of benzene rings is 1. The molecule has 1 aromatic carbocycles. The molecule has 134 valence electrons. The van der Waals surface area contributed by atoms with E-state index in [1.807, 2.05) is 0 Å². The molecule has 4 N–H and O–H groups in total. The molecule has 0 radical (unpaired) electrons. The Kier molecular flexibility index (Phi) is 6.87. The van der Waals surface area contributed by atoms with E-state index in [1.54, 1.807) is 42.7 Å². The molecule has 0 unspecified atom stereocenters. The summed E-state index contributed by atoms with van der Waals surface area (Å²) in [4.78, 5) is 23.6. The van der Waals surface area contributed by atoms with Crippen molar-refractivity contribution in [1.29, 1.82) is 0 Å². The quantitative estimate of drug-likeness (QED) is 0.447. The van der Waals surface area contributed by atoms with Gasteiger partial charge in [0, 0.05) is 11.8 Å². The summed E-state index contributed by atoms with van der Waals surface area (Å²) >= 11 is 0. The molecule has 0 saturated carbocycles. The molecule has 0 saturated heterocycles. The smallest absolute Gasteiger partial charge is 0.337 e. The molecule has 0 aliphatic rings. The zero-order chi connectivity index (χ0) is 18.8. The van der Waals surface area contributed by atoms with Gasteiger partial charge in [-0.25, -0.2) is 14.8 Å². The van der Waals surface area contributed by atoms with Crippen LogP contribution < -0.4 is 11.5 Å². The minimum Gasteiger partial charge on any atom is -0.467 e. The van der Waals surface area contributed by atoms with Crippen LogP contribution in [0.15, 0.2) is 68.3 Å². The topological polar surface area (TPSA) is 129 Å². The first-order valence-electron chi connectivity index (χ1n) is 7.62. The fourth-order valence-corrected chi connectivity index (χ4v) is 2.03. The van der Waals surface area contributed by atoms with Gasteiger partial charge in [0.25, 0.3) is 0 Å². The van der Waals surface area contributed by atoms with Crippen molar-refractivity contribution in [2.45, 2.75) is 6.54 Å². The molecule has 0 spiro atoms. The van der Waals surface area contributed by atoms with Crippen molar-refractivity contribution in [2.75, 3.05) is 7.11 Å². The van der Waals surface area contributed by atoms with Gasteiger partial charge in [-0.1, -0.05) is 12.1 Å². The summed E-state index contributed by atoms with van der Waals surface area (Å²) < 4.78 is 9.93. The summed E-state index contributed by atoms with van der Waals surface area (Å²) in [6, 6.07) is 10.3. The first-order chi connectivity index (χ1) is 12.7. The van der Waals surface area contributed by atoms with Crippen LogP contribution in [-0.4, -0.2) is 31.6 Å². The molecule has 2 rings (SSSR count). The van der Waals surface area contributed by atoms with Crippen molar-refractivity contribution in [1.82, 2.24) is 0 Å². The number of nitrogens with two attached hydrogens (primary N) is 2. The average molecular weight is 353 g/mol. The lowest BCUT2D eigenvalue weighted by molar-refractivity contribution is 0.0600. The van der Waals surface area contributed by atoms with Crippen LogP contribution in [0.1, 0.15) is 21.7 Å². The normalized spacial score (nSPS) is 12.8. The largest absolute Gasteiger partial charge is 0.467 e. The highest BCUT2D eigenvalue weighted by Gasteiger charge is 2.10. The zero-order valence-electron chi connectivity index (χ0n) is 14.2. The van der Waals surface area contributed by atoms with Crippen LogP contribution in [0.5, 0.6) is 0 Å². The van der Waals surface area contributed by atoms with Crippen molar-refractivity contribution in [3.63, 3.8) is 0 Å². The molecule has 1 aromatic heterocycles. The molecule has 0 bridgehead atoms. The van der Waals surface area contributed by atoms with Gasteiger partial charge in [0.15, 0.2) is 0 Å². The van der Waals surface area contributed by atoms with Gasteiger partial charge in [0.1, 0.15) is 17.9 Å². The Morgan fingerprint density at radius 3 is 2.54 bits per heavy atom. The predicted octanol–water partition coefficient (Wildman–Crippen LogP) is 1.98. The maximum atomic E-state index is 11.6. The van der Waals surface area contributed by atoms with E-state index in [4.69, 9.17) is 20.6 Å². The van der Waals surface area contributed by atoms with E-state index in [1.165, 1.54) is 19.6 Å². The second kappa shape index (κ2) is 9.58. The Morgan fingerprint density at radius 2 is 1.92 bits per heavy atom. The second-order valence-electron chi connectivity index (χ2n) is 4.96. The summed E-state index contributed by atoms with van der Waals surface area (Å²) in [5.74, 6) is 0.530. The van der Waals surface area contributed by atoms with E-state index in [0.29, 0.717) is 23.4 Å². The number of carbonyl (C=O) groups excluding carboxylic acids is 1. The van der Waals surface area contributed by atoms with Gasteiger partial charge in [-0.2, -0.15) is 0 Å². The van der Waals surface area contributed by atoms with Crippen molar-refractivity contribution < 1.29 is 13.9 Å². The number of nitrogens with zero attached hydrogens (tertiary/aromatic N) is 3. The van der Waals surface area contributed by atoms with E-state index >= 15 is 0 Å². The maximum absolute atomic E-state index is 11.6. The summed E-state index contributed by atoms with van der Waals surface area (Å²) in [5, 5.41) is 0. The molecule has 26 heavy (non-hydrogen) atoms. The number of rotatable bonds is 7. The van der Waals surface area contributed by atoms with Crippen molar-refractivity contribution in [2.24, 2.45) is 26.4 Å². The van der Waals surface area contributed by atoms with E-state index in [2.05, 4.69) is 15.0 Å². The van der Waals surface area contributed by atoms with Crippen LogP contribution >= 0.6 is 0 Å². The van der Waals surface area contributed by atoms with E-state index in [0.717, 1.165) is 11.9 Å². The molecule has 0 fully saturated rings. The van der Waals surface area contributed by atoms with Gasteiger partial charge in [0.05, 0.1) is 31.8 Å². The van der Waals surface area contributed by atoms with Crippen LogP contribution in [-0.2, 0) is 11.3 Å². The number of carbonyl (C=O) groups is 1. The van der Waals surface area contributed by atoms with Crippen LogP contribution in [0.4, 0.5) is 0 Å². The third-order valence-corrected chi connectivity index (χ3v) is 3.30. The molecular weight excluding hydrogens is 334 g/mol. The minimum atomic E-state index is -0.420. The van der Waals surface area contributed by atoms with Crippen molar-refractivity contribution in [3.05, 3.63) is 65.7 Å². The molecule has 1 heterocycles. The molecule has 0 amide bonds. The Balaban J connectivity index is 2.30. The maximum Gasteiger partial charge on any atom is 0.337 e. The lowest BCUT2D eigenvalue weighted by Gasteiger charge is -2.07. The first-order valence-corrected chi connectivity index (χ1v) is 7.62. The van der Waals surface area contributed by atoms with Crippen molar-refractivity contribution >= 4 is 30.1 Å². The number of esters is 1. The van der Waals surface area contributed by atoms with Crippen LogP contribution in [0.25, 0.3) is 5.57 Å². The Bertz CT molecular complexity index is 834. The van der Waals surface area contributed by atoms with Crippen molar-refractivity contribution in [3.8, 4) is 0 Å². The molecule has 0 atom stereocenters. The highest BCUT2D eigenvalue weighted by Crippen LogP contribution is 2.17. The molecule has 2 aromatic rings. The fraction of sp³-hybridized carbons (Fsp3) is 0.111. The summed E-state index contributed by atoms with van der Waals surface area (Å²) in [6.07, 6.45) is 5.48. The predicted molar refractivity (Wildman–Crippen MR) is 101 cm³/mol. The highest BCUT2D eigenvalue weighted by atomic mass is 16.5. The molecule has 0 aliphatic carbocycles. The summed E-state index contributed by atoms with van der Waals surface area (Å²) in [6.45, 7) is 0.293. The van der Waals surface area contributed by atoms with Gasteiger partial charge in [-0.3, -0.25) is 4.99 Å². The molecule has 0 aliphatic heterocycles. The van der Waals surface area contributed by atoms with Gasteiger partial charge >= 0.3 is 5.97 Å². The number of amidine groups is 1. The Hall–Kier alpha value is -3.68. The van der Waals surface area contributed by atoms with Gasteiger partial charge < -0.3 is 20.6 Å². The first kappa shape index (κ1) is 18.7. The SMILES string of the molecule is COC(=O)c1ccc(/C(=C/N=CN=CN)C(N)=NCc2ccco2)cc1. The van der Waals surface area contributed by atoms with Gasteiger partial charge in [-0.05, 0) is 29.8 Å². The van der Waals surface area contributed by atoms with Crippen LogP contribution in [0.2, 0.25) is 0 Å². The average Bonchev–Trinajstić information content (AvgIpc) is 3.19. The lowest BCUT2D eigenvalue weighted by Crippen LogP contribution is -2.14. The number of ether oxygens (including phenoxy) is 1. The third kappa shape index (κ3) is 5.17.